The number of nitrogens with zero attached hydrogens (tertiary/aromatic N) is 1. The molecule has 13 heavy (non-hydrogen) atoms. The summed E-state index contributed by atoms with van der Waals surface area (Å²) in [4.78, 5) is 11.3. The highest BCUT2D eigenvalue weighted by Crippen LogP contribution is 2.14. The van der Waals surface area contributed by atoms with Gasteiger partial charge in [0.05, 0.1) is 5.52 Å². The van der Waals surface area contributed by atoms with Gasteiger partial charge in [-0.25, -0.2) is 0 Å². The summed E-state index contributed by atoms with van der Waals surface area (Å²) in [5.74, 6) is -0.145. The number of rotatable bonds is 1. The van der Waals surface area contributed by atoms with E-state index in [1.807, 2.05) is 24.3 Å². The molecule has 0 aliphatic heterocycles. The van der Waals surface area contributed by atoms with Gasteiger partial charge >= 0.3 is 0 Å². The van der Waals surface area contributed by atoms with Crippen molar-refractivity contribution in [1.29, 1.82) is 0 Å². The monoisotopic (exact) mass is 175 g/mol. The van der Waals surface area contributed by atoms with Gasteiger partial charge in [0.2, 0.25) is 0 Å². The molecule has 1 aromatic carbocycles. The molecule has 0 radical (unpaired) electrons. The third kappa shape index (κ3) is 1.16. The Hall–Kier alpha value is -1.84. The van der Waals surface area contributed by atoms with E-state index in [0.717, 1.165) is 10.9 Å². The maximum Gasteiger partial charge on any atom is 0.269 e. The number of amides is 1. The number of para-hydroxylation sites is 1. The summed E-state index contributed by atoms with van der Waals surface area (Å²) in [7, 11) is 1.60. The van der Waals surface area contributed by atoms with Crippen molar-refractivity contribution in [3.05, 3.63) is 30.0 Å². The molecular formula is C9H9N3O. The highest BCUT2D eigenvalue weighted by Gasteiger charge is 2.10. The van der Waals surface area contributed by atoms with E-state index in [0.29, 0.717) is 5.69 Å². The van der Waals surface area contributed by atoms with Gasteiger partial charge in [0.15, 0.2) is 0 Å². The summed E-state index contributed by atoms with van der Waals surface area (Å²) in [6.45, 7) is 0. The van der Waals surface area contributed by atoms with E-state index in [-0.39, 0.29) is 5.91 Å². The second-order valence-electron chi connectivity index (χ2n) is 2.69. The maximum absolute atomic E-state index is 11.3. The first-order chi connectivity index (χ1) is 6.33. The minimum Gasteiger partial charge on any atom is -0.354 e. The first kappa shape index (κ1) is 7.79. The van der Waals surface area contributed by atoms with Crippen LogP contribution in [0.2, 0.25) is 0 Å². The Morgan fingerprint density at radius 1 is 1.46 bits per heavy atom. The molecule has 0 unspecified atom stereocenters. The number of carbonyl (C=O) groups is 1. The van der Waals surface area contributed by atoms with Crippen LogP contribution >= 0.6 is 0 Å². The average molecular weight is 175 g/mol. The molecule has 2 aromatic rings. The summed E-state index contributed by atoms with van der Waals surface area (Å²) in [6.07, 6.45) is 0. The minimum atomic E-state index is -0.145. The van der Waals surface area contributed by atoms with Gasteiger partial charge in [0.1, 0.15) is 5.69 Å². The number of aromatic nitrogens is 2. The van der Waals surface area contributed by atoms with Gasteiger partial charge in [0.25, 0.3) is 5.91 Å². The first-order valence-electron chi connectivity index (χ1n) is 3.98. The number of aromatic amines is 1. The van der Waals surface area contributed by atoms with Crippen LogP contribution in [0, 0.1) is 0 Å². The number of fused-ring (bicyclic) bond motifs is 1. The van der Waals surface area contributed by atoms with Crippen LogP contribution in [0.25, 0.3) is 10.9 Å². The van der Waals surface area contributed by atoms with Crippen molar-refractivity contribution in [2.45, 2.75) is 0 Å². The second-order valence-corrected chi connectivity index (χ2v) is 2.69. The van der Waals surface area contributed by atoms with Gasteiger partial charge in [-0.05, 0) is 6.07 Å². The molecule has 4 nitrogen and oxygen atoms in total. The van der Waals surface area contributed by atoms with Crippen LogP contribution < -0.4 is 5.32 Å². The topological polar surface area (TPSA) is 57.8 Å². The largest absolute Gasteiger partial charge is 0.354 e. The van der Waals surface area contributed by atoms with Crippen LogP contribution in [0.4, 0.5) is 0 Å². The molecule has 0 bridgehead atoms. The Morgan fingerprint density at radius 2 is 2.23 bits per heavy atom. The summed E-state index contributed by atoms with van der Waals surface area (Å²) < 4.78 is 0. The second kappa shape index (κ2) is 2.90. The molecule has 66 valence electrons. The van der Waals surface area contributed by atoms with Crippen molar-refractivity contribution in [2.75, 3.05) is 7.05 Å². The zero-order valence-corrected chi connectivity index (χ0v) is 7.16. The normalized spacial score (nSPS) is 10.2. The quantitative estimate of drug-likeness (QED) is 0.677. The molecule has 0 saturated heterocycles. The predicted molar refractivity (Wildman–Crippen MR) is 49.5 cm³/mol. The zero-order valence-electron chi connectivity index (χ0n) is 7.16. The molecule has 0 saturated carbocycles. The van der Waals surface area contributed by atoms with Gasteiger partial charge in [-0.3, -0.25) is 9.89 Å². The van der Waals surface area contributed by atoms with Crippen LogP contribution in [0.15, 0.2) is 24.3 Å². The molecule has 2 rings (SSSR count). The van der Waals surface area contributed by atoms with Crippen LogP contribution in [0.5, 0.6) is 0 Å². The summed E-state index contributed by atoms with van der Waals surface area (Å²) in [6, 6.07) is 7.49. The third-order valence-electron chi connectivity index (χ3n) is 1.92. The highest BCUT2D eigenvalue weighted by molar-refractivity contribution is 6.04. The minimum absolute atomic E-state index is 0.145. The Kier molecular flexibility index (Phi) is 1.73. The van der Waals surface area contributed by atoms with Crippen LogP contribution in [-0.2, 0) is 0 Å². The van der Waals surface area contributed by atoms with E-state index < -0.39 is 0 Å². The fourth-order valence-corrected chi connectivity index (χ4v) is 1.26. The van der Waals surface area contributed by atoms with E-state index in [2.05, 4.69) is 15.5 Å². The molecule has 1 heterocycles. The van der Waals surface area contributed by atoms with Gasteiger partial charge in [-0.1, -0.05) is 18.2 Å². The molecule has 2 N–H and O–H groups in total. The van der Waals surface area contributed by atoms with Crippen molar-refractivity contribution in [3.8, 4) is 0 Å². The van der Waals surface area contributed by atoms with Gasteiger partial charge in [0, 0.05) is 12.4 Å². The highest BCUT2D eigenvalue weighted by atomic mass is 16.1. The lowest BCUT2D eigenvalue weighted by atomic mass is 10.2. The SMILES string of the molecule is CNC(=O)c1[nH]nc2ccccc12. The van der Waals surface area contributed by atoms with E-state index in [1.165, 1.54) is 0 Å². The Balaban J connectivity index is 2.64. The van der Waals surface area contributed by atoms with Crippen LogP contribution in [0.1, 0.15) is 10.5 Å². The van der Waals surface area contributed by atoms with Crippen molar-refractivity contribution in [2.24, 2.45) is 0 Å². The number of hydrogen-bond acceptors (Lipinski definition) is 2. The fraction of sp³-hybridized carbons (Fsp3) is 0.111. The summed E-state index contributed by atoms with van der Waals surface area (Å²) in [5, 5.41) is 10.1. The van der Waals surface area contributed by atoms with Crippen molar-refractivity contribution in [1.82, 2.24) is 15.5 Å². The van der Waals surface area contributed by atoms with Gasteiger partial charge in [-0.2, -0.15) is 5.10 Å². The Morgan fingerprint density at radius 3 is 3.00 bits per heavy atom. The molecule has 0 aliphatic rings. The molecule has 4 heteroatoms. The maximum atomic E-state index is 11.3. The molecule has 0 spiro atoms. The van der Waals surface area contributed by atoms with E-state index >= 15 is 0 Å². The van der Waals surface area contributed by atoms with Crippen molar-refractivity contribution in [3.63, 3.8) is 0 Å². The fourth-order valence-electron chi connectivity index (χ4n) is 1.26. The molecule has 1 amide bonds. The molecule has 0 atom stereocenters. The van der Waals surface area contributed by atoms with Crippen LogP contribution in [0.3, 0.4) is 0 Å². The molecular weight excluding hydrogens is 166 g/mol. The summed E-state index contributed by atoms with van der Waals surface area (Å²) >= 11 is 0. The lowest BCUT2D eigenvalue weighted by Gasteiger charge is -1.94. The van der Waals surface area contributed by atoms with Gasteiger partial charge < -0.3 is 5.32 Å². The Labute approximate surface area is 75.0 Å². The number of carbonyl (C=O) groups excluding carboxylic acids is 1. The lowest BCUT2D eigenvalue weighted by molar-refractivity contribution is 0.0959. The van der Waals surface area contributed by atoms with Gasteiger partial charge in [-0.15, -0.1) is 0 Å². The molecule has 1 aromatic heterocycles. The van der Waals surface area contributed by atoms with Crippen molar-refractivity contribution < 1.29 is 4.79 Å². The lowest BCUT2D eigenvalue weighted by Crippen LogP contribution is -2.18. The zero-order chi connectivity index (χ0) is 9.26. The number of nitrogens with one attached hydrogen (secondary N) is 2. The Bertz CT molecular complexity index is 447. The smallest absolute Gasteiger partial charge is 0.269 e. The number of benzene rings is 1. The van der Waals surface area contributed by atoms with E-state index in [9.17, 15) is 4.79 Å². The van der Waals surface area contributed by atoms with Crippen LogP contribution in [-0.4, -0.2) is 23.2 Å². The standard InChI is InChI=1S/C9H9N3O/c1-10-9(13)8-6-4-2-3-5-7(6)11-12-8/h2-5H,1H3,(H,10,13)(H,11,12). The predicted octanol–water partition coefficient (Wildman–Crippen LogP) is 0.922. The number of H-pyrrole nitrogens is 1. The van der Waals surface area contributed by atoms with Crippen molar-refractivity contribution >= 4 is 16.8 Å². The first-order valence-corrected chi connectivity index (χ1v) is 3.98. The number of hydrogen-bond donors (Lipinski definition) is 2. The van der Waals surface area contributed by atoms with E-state index in [1.54, 1.807) is 7.05 Å². The average Bonchev–Trinajstić information content (AvgIpc) is 2.60. The molecule has 0 aliphatic carbocycles. The van der Waals surface area contributed by atoms with E-state index in [4.69, 9.17) is 0 Å². The third-order valence-corrected chi connectivity index (χ3v) is 1.92. The summed E-state index contributed by atoms with van der Waals surface area (Å²) in [5.41, 5.74) is 1.32. The molecule has 0 fully saturated rings.